The van der Waals surface area contributed by atoms with Crippen LogP contribution >= 0.6 is 34.8 Å². The van der Waals surface area contributed by atoms with Gasteiger partial charge in [-0.2, -0.15) is 0 Å². The lowest BCUT2D eigenvalue weighted by atomic mass is 10.2. The minimum atomic E-state index is -0.261. The molecule has 2 N–H and O–H groups in total. The van der Waals surface area contributed by atoms with Crippen molar-refractivity contribution in [1.82, 2.24) is 5.32 Å². The van der Waals surface area contributed by atoms with Crippen LogP contribution in [0.1, 0.15) is 15.9 Å². The number of nitrogens with one attached hydrogen (secondary N) is 2. The SMILES string of the molecule is COc1ccc(C(=O)NC(=S)Nc2ccc(I)cc2C)cc1. The Morgan fingerprint density at radius 2 is 1.86 bits per heavy atom. The molecule has 0 aliphatic heterocycles. The summed E-state index contributed by atoms with van der Waals surface area (Å²) in [5, 5.41) is 5.96. The van der Waals surface area contributed by atoms with E-state index in [2.05, 4.69) is 33.2 Å². The van der Waals surface area contributed by atoms with Gasteiger partial charge in [0.05, 0.1) is 7.11 Å². The third-order valence-corrected chi connectivity index (χ3v) is 3.89. The van der Waals surface area contributed by atoms with Crippen LogP contribution < -0.4 is 15.4 Å². The zero-order valence-electron chi connectivity index (χ0n) is 12.1. The molecule has 114 valence electrons. The largest absolute Gasteiger partial charge is 0.497 e. The highest BCUT2D eigenvalue weighted by molar-refractivity contribution is 14.1. The van der Waals surface area contributed by atoms with Crippen molar-refractivity contribution in [3.63, 3.8) is 0 Å². The molecule has 0 aliphatic rings. The first-order valence-corrected chi connectivity index (χ1v) is 8.01. The highest BCUT2D eigenvalue weighted by Crippen LogP contribution is 2.17. The maximum Gasteiger partial charge on any atom is 0.257 e. The maximum atomic E-state index is 12.1. The van der Waals surface area contributed by atoms with E-state index in [0.717, 1.165) is 14.8 Å². The Morgan fingerprint density at radius 3 is 2.45 bits per heavy atom. The van der Waals surface area contributed by atoms with E-state index in [4.69, 9.17) is 17.0 Å². The lowest BCUT2D eigenvalue weighted by molar-refractivity contribution is 0.0977. The van der Waals surface area contributed by atoms with Crippen molar-refractivity contribution in [2.75, 3.05) is 12.4 Å². The molecule has 0 spiro atoms. The lowest BCUT2D eigenvalue weighted by Crippen LogP contribution is -2.34. The topological polar surface area (TPSA) is 50.4 Å². The number of carbonyl (C=O) groups excluding carboxylic acids is 1. The lowest BCUT2D eigenvalue weighted by Gasteiger charge is -2.12. The molecule has 2 rings (SSSR count). The van der Waals surface area contributed by atoms with Crippen LogP contribution in [0.5, 0.6) is 5.75 Å². The van der Waals surface area contributed by atoms with Gasteiger partial charge in [-0.1, -0.05) is 0 Å². The molecule has 0 radical (unpaired) electrons. The number of anilines is 1. The van der Waals surface area contributed by atoms with Crippen molar-refractivity contribution in [3.05, 3.63) is 57.2 Å². The van der Waals surface area contributed by atoms with Gasteiger partial charge in [0.2, 0.25) is 0 Å². The van der Waals surface area contributed by atoms with Crippen molar-refractivity contribution >= 4 is 51.5 Å². The number of amides is 1. The summed E-state index contributed by atoms with van der Waals surface area (Å²) in [6.45, 7) is 1.98. The number of hydrogen-bond donors (Lipinski definition) is 2. The molecule has 4 nitrogen and oxygen atoms in total. The third kappa shape index (κ3) is 4.41. The predicted octanol–water partition coefficient (Wildman–Crippen LogP) is 3.74. The quantitative estimate of drug-likeness (QED) is 0.580. The molecule has 2 aromatic carbocycles. The molecule has 0 aromatic heterocycles. The van der Waals surface area contributed by atoms with Crippen LogP contribution in [0.3, 0.4) is 0 Å². The fourth-order valence-electron chi connectivity index (χ4n) is 1.84. The first kappa shape index (κ1) is 16.7. The van der Waals surface area contributed by atoms with Crippen molar-refractivity contribution in [2.24, 2.45) is 0 Å². The Hall–Kier alpha value is -1.67. The average Bonchev–Trinajstić information content (AvgIpc) is 2.50. The van der Waals surface area contributed by atoms with Crippen molar-refractivity contribution in [2.45, 2.75) is 6.92 Å². The van der Waals surface area contributed by atoms with Crippen LogP contribution in [0.25, 0.3) is 0 Å². The van der Waals surface area contributed by atoms with Gasteiger partial charge >= 0.3 is 0 Å². The molecule has 0 saturated heterocycles. The zero-order valence-corrected chi connectivity index (χ0v) is 15.1. The van der Waals surface area contributed by atoms with Crippen molar-refractivity contribution in [1.29, 1.82) is 0 Å². The summed E-state index contributed by atoms with van der Waals surface area (Å²) in [6.07, 6.45) is 0. The molecule has 0 unspecified atom stereocenters. The number of carbonyl (C=O) groups is 1. The van der Waals surface area contributed by atoms with Crippen LogP contribution in [0, 0.1) is 10.5 Å². The summed E-state index contributed by atoms with van der Waals surface area (Å²) in [5.41, 5.74) is 2.46. The van der Waals surface area contributed by atoms with E-state index >= 15 is 0 Å². The first-order chi connectivity index (χ1) is 10.5. The monoisotopic (exact) mass is 426 g/mol. The van der Waals surface area contributed by atoms with Crippen molar-refractivity contribution < 1.29 is 9.53 Å². The van der Waals surface area contributed by atoms with Crippen LogP contribution in [0.4, 0.5) is 5.69 Å². The van der Waals surface area contributed by atoms with Gasteiger partial charge in [-0.3, -0.25) is 10.1 Å². The second kappa shape index (κ2) is 7.55. The molecule has 0 fully saturated rings. The fraction of sp³-hybridized carbons (Fsp3) is 0.125. The molecule has 2 aromatic rings. The molecule has 0 saturated carbocycles. The summed E-state index contributed by atoms with van der Waals surface area (Å²) in [7, 11) is 1.58. The summed E-state index contributed by atoms with van der Waals surface area (Å²) in [4.78, 5) is 12.1. The highest BCUT2D eigenvalue weighted by Gasteiger charge is 2.09. The van der Waals surface area contributed by atoms with Gasteiger partial charge in [0.1, 0.15) is 5.75 Å². The first-order valence-electron chi connectivity index (χ1n) is 6.52. The number of methoxy groups -OCH3 is 1. The van der Waals surface area contributed by atoms with E-state index in [-0.39, 0.29) is 11.0 Å². The van der Waals surface area contributed by atoms with Gasteiger partial charge < -0.3 is 10.1 Å². The Kier molecular flexibility index (Phi) is 5.73. The molecular formula is C16H15IN2O2S. The predicted molar refractivity (Wildman–Crippen MR) is 101 cm³/mol. The molecule has 0 atom stereocenters. The second-order valence-corrected chi connectivity index (χ2v) is 6.25. The van der Waals surface area contributed by atoms with Gasteiger partial charge in [0.15, 0.2) is 5.11 Å². The minimum absolute atomic E-state index is 0.261. The van der Waals surface area contributed by atoms with Gasteiger partial charge in [0.25, 0.3) is 5.91 Å². The minimum Gasteiger partial charge on any atom is -0.497 e. The summed E-state index contributed by atoms with van der Waals surface area (Å²) in [6, 6.07) is 12.8. The number of thiocarbonyl (C=S) groups is 1. The smallest absolute Gasteiger partial charge is 0.257 e. The average molecular weight is 426 g/mol. The van der Waals surface area contributed by atoms with Crippen LogP contribution in [-0.4, -0.2) is 18.1 Å². The van der Waals surface area contributed by atoms with Crippen LogP contribution in [0.15, 0.2) is 42.5 Å². The molecule has 6 heteroatoms. The van der Waals surface area contributed by atoms with E-state index in [1.807, 2.05) is 25.1 Å². The number of hydrogen-bond acceptors (Lipinski definition) is 3. The van der Waals surface area contributed by atoms with Gasteiger partial charge in [-0.05, 0) is 89.8 Å². The second-order valence-electron chi connectivity index (χ2n) is 4.60. The molecule has 22 heavy (non-hydrogen) atoms. The normalized spacial score (nSPS) is 9.95. The Morgan fingerprint density at radius 1 is 1.18 bits per heavy atom. The Balaban J connectivity index is 2.00. The Labute approximate surface area is 148 Å². The van der Waals surface area contributed by atoms with E-state index < -0.39 is 0 Å². The number of halogens is 1. The molecule has 0 bridgehead atoms. The van der Waals surface area contributed by atoms with E-state index in [0.29, 0.717) is 11.3 Å². The van der Waals surface area contributed by atoms with Gasteiger partial charge in [-0.15, -0.1) is 0 Å². The zero-order chi connectivity index (χ0) is 16.1. The van der Waals surface area contributed by atoms with E-state index in [1.165, 1.54) is 0 Å². The summed E-state index contributed by atoms with van der Waals surface area (Å²) >= 11 is 7.43. The van der Waals surface area contributed by atoms with Crippen LogP contribution in [0.2, 0.25) is 0 Å². The summed E-state index contributed by atoms with van der Waals surface area (Å²) < 4.78 is 6.21. The van der Waals surface area contributed by atoms with Crippen molar-refractivity contribution in [3.8, 4) is 5.75 Å². The number of benzene rings is 2. The van der Waals surface area contributed by atoms with Crippen LogP contribution in [-0.2, 0) is 0 Å². The number of ether oxygens (including phenoxy) is 1. The molecule has 1 amide bonds. The van der Waals surface area contributed by atoms with E-state index in [9.17, 15) is 4.79 Å². The Bertz CT molecular complexity index is 702. The highest BCUT2D eigenvalue weighted by atomic mass is 127. The fourth-order valence-corrected chi connectivity index (χ4v) is 2.69. The standard InChI is InChI=1S/C16H15IN2O2S/c1-10-9-12(17)5-8-14(10)18-16(22)19-15(20)11-3-6-13(21-2)7-4-11/h3-9H,1-2H3,(H2,18,19,20,22). The maximum absolute atomic E-state index is 12.1. The third-order valence-electron chi connectivity index (χ3n) is 3.02. The number of aryl methyl sites for hydroxylation is 1. The van der Waals surface area contributed by atoms with E-state index in [1.54, 1.807) is 31.4 Å². The molecule has 0 aliphatic carbocycles. The molecule has 0 heterocycles. The summed E-state index contributed by atoms with van der Waals surface area (Å²) in [5.74, 6) is 0.440. The van der Waals surface area contributed by atoms with Gasteiger partial charge in [-0.25, -0.2) is 0 Å². The van der Waals surface area contributed by atoms with Gasteiger partial charge in [0, 0.05) is 14.8 Å². The molecular weight excluding hydrogens is 411 g/mol. The number of rotatable bonds is 3.